The van der Waals surface area contributed by atoms with Crippen molar-refractivity contribution in [2.75, 3.05) is 13.2 Å². The van der Waals surface area contributed by atoms with Crippen LogP contribution in [0.15, 0.2) is 21.9 Å². The van der Waals surface area contributed by atoms with Gasteiger partial charge in [0.05, 0.1) is 19.3 Å². The fourth-order valence-electron chi connectivity index (χ4n) is 3.71. The van der Waals surface area contributed by atoms with E-state index in [1.165, 1.54) is 0 Å². The Kier molecular flexibility index (Phi) is 9.47. The monoisotopic (exact) mass is 561 g/mol. The molecule has 1 aromatic rings. The van der Waals surface area contributed by atoms with E-state index in [-0.39, 0.29) is 18.9 Å². The molecule has 2 fully saturated rings. The number of rotatable bonds is 11. The van der Waals surface area contributed by atoms with E-state index in [1.54, 1.807) is 0 Å². The number of H-pyrrole nitrogens is 1. The van der Waals surface area contributed by atoms with Crippen LogP contribution in [-0.2, 0) is 36.1 Å². The minimum atomic E-state index is -5.99. The van der Waals surface area contributed by atoms with Gasteiger partial charge in [0, 0.05) is 18.7 Å². The number of phosphoric ester groups is 2. The molecule has 0 spiro atoms. The van der Waals surface area contributed by atoms with E-state index in [2.05, 4.69) is 17.7 Å². The van der Waals surface area contributed by atoms with Crippen LogP contribution < -0.4 is 25.9 Å². The Morgan fingerprint density at radius 2 is 1.60 bits per heavy atom. The Balaban J connectivity index is 1.51. The van der Waals surface area contributed by atoms with Gasteiger partial charge in [-0.3, -0.25) is 28.0 Å². The number of phosphoric acid groups is 3. The third-order valence-corrected chi connectivity index (χ3v) is 9.49. The molecule has 2 heterocycles. The third-order valence-electron chi connectivity index (χ3n) is 5.36. The van der Waals surface area contributed by atoms with Crippen molar-refractivity contribution in [3.05, 3.63) is 33.1 Å². The number of hydrogen-bond donors (Lipinski definition) is 2. The molecular formula is C16H24N2O14P3-3. The summed E-state index contributed by atoms with van der Waals surface area (Å²) < 4.78 is 58.3. The molecule has 0 aromatic carbocycles. The fraction of sp³-hybridized carbons (Fsp3) is 0.750. The highest BCUT2D eigenvalue weighted by Gasteiger charge is 2.37. The molecule has 2 aliphatic rings. The van der Waals surface area contributed by atoms with Crippen molar-refractivity contribution in [1.82, 2.24) is 9.55 Å². The highest BCUT2D eigenvalue weighted by atomic mass is 31.3. The van der Waals surface area contributed by atoms with E-state index in [1.807, 2.05) is 4.98 Å². The molecule has 6 atom stereocenters. The molecule has 1 saturated carbocycles. The summed E-state index contributed by atoms with van der Waals surface area (Å²) in [5.41, 5.74) is -1.51. The Morgan fingerprint density at radius 3 is 2.20 bits per heavy atom. The minimum Gasteiger partial charge on any atom is -0.756 e. The van der Waals surface area contributed by atoms with Crippen molar-refractivity contribution >= 4 is 23.5 Å². The van der Waals surface area contributed by atoms with E-state index in [9.17, 15) is 43.1 Å². The molecule has 3 rings (SSSR count). The van der Waals surface area contributed by atoms with Gasteiger partial charge in [0.25, 0.3) is 29.0 Å². The van der Waals surface area contributed by atoms with Crippen LogP contribution in [-0.4, -0.2) is 40.1 Å². The topological polar surface area (TPSA) is 242 Å². The van der Waals surface area contributed by atoms with Gasteiger partial charge in [0.2, 0.25) is 0 Å². The van der Waals surface area contributed by atoms with Gasteiger partial charge in [-0.25, -0.2) is 13.4 Å². The van der Waals surface area contributed by atoms with Gasteiger partial charge < -0.3 is 33.6 Å². The quantitative estimate of drug-likeness (QED) is 0.316. The van der Waals surface area contributed by atoms with Gasteiger partial charge in [-0.05, 0) is 18.8 Å². The first-order chi connectivity index (χ1) is 16.3. The number of hydrogen-bond acceptors (Lipinski definition) is 14. The maximum absolute atomic E-state index is 11.9. The van der Waals surface area contributed by atoms with E-state index < -0.39 is 59.8 Å². The van der Waals surface area contributed by atoms with Crippen molar-refractivity contribution in [1.29, 1.82) is 0 Å². The predicted octanol–water partition coefficient (Wildman–Crippen LogP) is -0.763. The highest BCUT2D eigenvalue weighted by molar-refractivity contribution is 7.65. The summed E-state index contributed by atoms with van der Waals surface area (Å²) in [6, 6.07) is 1.03. The zero-order valence-corrected chi connectivity index (χ0v) is 20.8. The summed E-state index contributed by atoms with van der Waals surface area (Å²) in [5.74, 6) is -0.107. The number of ether oxygens (including phenoxy) is 1. The molecule has 19 heteroatoms. The molecule has 0 bridgehead atoms. The van der Waals surface area contributed by atoms with Crippen LogP contribution in [0.2, 0.25) is 0 Å². The zero-order valence-electron chi connectivity index (χ0n) is 18.2. The van der Waals surface area contributed by atoms with Crippen LogP contribution in [0.4, 0.5) is 0 Å². The SMILES string of the molecule is O=c1ccn([C@H]2C[C@@H](O)[C@@H](COP(=O)([O-])OP(=O)([O-])OP(=O)([O-])OCC3CCCCC3)O2)c(=O)[nH]1. The lowest BCUT2D eigenvalue weighted by Crippen LogP contribution is -2.32. The van der Waals surface area contributed by atoms with Gasteiger partial charge in [0.1, 0.15) is 12.3 Å². The van der Waals surface area contributed by atoms with Crippen LogP contribution in [0.3, 0.4) is 0 Å². The van der Waals surface area contributed by atoms with Gasteiger partial charge in [0.15, 0.2) is 0 Å². The number of aliphatic hydroxyl groups excluding tert-OH is 1. The van der Waals surface area contributed by atoms with E-state index in [0.717, 1.165) is 36.1 Å². The van der Waals surface area contributed by atoms with Crippen LogP contribution in [0, 0.1) is 5.92 Å². The molecule has 3 unspecified atom stereocenters. The summed E-state index contributed by atoms with van der Waals surface area (Å²) >= 11 is 0. The lowest BCUT2D eigenvalue weighted by Gasteiger charge is -2.35. The van der Waals surface area contributed by atoms with Crippen molar-refractivity contribution in [3.63, 3.8) is 0 Å². The molecule has 1 aliphatic carbocycles. The smallest absolute Gasteiger partial charge is 0.330 e. The average Bonchev–Trinajstić information content (AvgIpc) is 3.10. The largest absolute Gasteiger partial charge is 0.756 e. The summed E-state index contributed by atoms with van der Waals surface area (Å²) in [7, 11) is -17.1. The van der Waals surface area contributed by atoms with Gasteiger partial charge in [-0.1, -0.05) is 19.3 Å². The molecule has 2 N–H and O–H groups in total. The van der Waals surface area contributed by atoms with Crippen molar-refractivity contribution in [2.45, 2.75) is 57.0 Å². The molecule has 1 aromatic heterocycles. The Bertz CT molecular complexity index is 1130. The first-order valence-corrected chi connectivity index (χ1v) is 14.9. The van der Waals surface area contributed by atoms with E-state index in [0.29, 0.717) is 12.8 Å². The average molecular weight is 561 g/mol. The number of nitrogens with one attached hydrogen (secondary N) is 1. The van der Waals surface area contributed by atoms with E-state index >= 15 is 0 Å². The van der Waals surface area contributed by atoms with Gasteiger partial charge in [-0.15, -0.1) is 0 Å². The number of aromatic nitrogens is 2. The lowest BCUT2D eigenvalue weighted by atomic mass is 9.90. The maximum atomic E-state index is 11.9. The fourth-order valence-corrected chi connectivity index (χ4v) is 7.16. The molecule has 0 radical (unpaired) electrons. The lowest BCUT2D eigenvalue weighted by molar-refractivity contribution is -0.252. The normalized spacial score (nSPS) is 28.7. The standard InChI is InChI=1S/C16H27N2O14P3/c19-12-8-15(18-7-6-14(20)17-16(18)21)30-13(12)10-29-34(24,25)32-35(26,27)31-33(22,23)28-9-11-4-2-1-3-5-11/h6-7,11-13,15,19H,1-5,8-10H2,(H,22,23)(H,24,25)(H,26,27)(H,17,20,21)/p-3/t12-,13-,15-/m1/s1. The van der Waals surface area contributed by atoms with E-state index in [4.69, 9.17) is 4.74 Å². The van der Waals surface area contributed by atoms with Crippen molar-refractivity contribution in [3.8, 4) is 0 Å². The van der Waals surface area contributed by atoms with Crippen LogP contribution in [0.1, 0.15) is 44.8 Å². The second kappa shape index (κ2) is 11.6. The van der Waals surface area contributed by atoms with Gasteiger partial charge >= 0.3 is 5.69 Å². The van der Waals surface area contributed by atoms with Crippen molar-refractivity contribution in [2.24, 2.45) is 5.92 Å². The molecule has 1 aliphatic heterocycles. The molecule has 16 nitrogen and oxygen atoms in total. The first-order valence-electron chi connectivity index (χ1n) is 10.6. The predicted molar refractivity (Wildman–Crippen MR) is 109 cm³/mol. The number of aliphatic hydroxyl groups is 1. The zero-order chi connectivity index (χ0) is 25.9. The van der Waals surface area contributed by atoms with Crippen molar-refractivity contribution < 1.29 is 55.9 Å². The third kappa shape index (κ3) is 8.81. The minimum absolute atomic E-state index is 0.107. The van der Waals surface area contributed by atoms with Gasteiger partial charge in [-0.2, -0.15) is 0 Å². The van der Waals surface area contributed by atoms with Crippen LogP contribution in [0.25, 0.3) is 0 Å². The highest BCUT2D eigenvalue weighted by Crippen LogP contribution is 2.63. The molecule has 200 valence electrons. The molecular weight excluding hydrogens is 537 g/mol. The van der Waals surface area contributed by atoms with Crippen LogP contribution in [0.5, 0.6) is 0 Å². The summed E-state index contributed by atoms with van der Waals surface area (Å²) in [6.45, 7) is -1.26. The summed E-state index contributed by atoms with van der Waals surface area (Å²) in [4.78, 5) is 60.5. The second-order valence-electron chi connectivity index (χ2n) is 8.05. The Labute approximate surface area is 198 Å². The summed E-state index contributed by atoms with van der Waals surface area (Å²) in [5, 5.41) is 10.1. The van der Waals surface area contributed by atoms with Crippen LogP contribution >= 0.6 is 23.5 Å². The molecule has 0 amide bonds. The Hall–Kier alpha value is -0.990. The number of nitrogens with zero attached hydrogens (tertiary/aromatic N) is 1. The molecule has 35 heavy (non-hydrogen) atoms. The Morgan fingerprint density at radius 1 is 1.00 bits per heavy atom. The summed E-state index contributed by atoms with van der Waals surface area (Å²) in [6.07, 6.45) is 1.28. The maximum Gasteiger partial charge on any atom is 0.330 e. The molecule has 1 saturated heterocycles. The second-order valence-corrected chi connectivity index (χ2v) is 12.6. The first kappa shape index (κ1) is 28.6. The number of aromatic amines is 1.